The smallest absolute Gasteiger partial charge is 0.321 e. The number of rotatable bonds is 3. The quantitative estimate of drug-likeness (QED) is 0.593. The number of methoxy groups -OCH3 is 1. The zero-order valence-electron chi connectivity index (χ0n) is 14.4. The van der Waals surface area contributed by atoms with E-state index in [4.69, 9.17) is 4.74 Å². The van der Waals surface area contributed by atoms with Crippen LogP contribution >= 0.6 is 22.6 Å². The van der Waals surface area contributed by atoms with Crippen LogP contribution in [-0.4, -0.2) is 40.5 Å². The average Bonchev–Trinajstić information content (AvgIpc) is 3.30. The average molecular weight is 462 g/mol. The van der Waals surface area contributed by atoms with Gasteiger partial charge in [0.2, 0.25) is 0 Å². The molecule has 26 heavy (non-hydrogen) atoms. The standard InChI is InChI=1S/C19H19IN4O2/c1-26-18-14(16-12-24-11-13(20)7-8-17(24)21-16)5-4-6-15(18)22-19(25)23-9-2-3-10-23/h4-8,11-12H,2-3,9-10H2,1H3,(H,22,25). The van der Waals surface area contributed by atoms with Crippen LogP contribution in [0.25, 0.3) is 16.9 Å². The molecule has 2 aromatic heterocycles. The molecule has 7 heteroatoms. The summed E-state index contributed by atoms with van der Waals surface area (Å²) < 4.78 is 8.76. The lowest BCUT2D eigenvalue weighted by molar-refractivity contribution is 0.222. The van der Waals surface area contributed by atoms with Crippen LogP contribution in [0.15, 0.2) is 42.7 Å². The molecule has 1 aromatic carbocycles. The van der Waals surface area contributed by atoms with Gasteiger partial charge in [-0.15, -0.1) is 0 Å². The van der Waals surface area contributed by atoms with Crippen LogP contribution < -0.4 is 10.1 Å². The highest BCUT2D eigenvalue weighted by Crippen LogP contribution is 2.36. The molecule has 134 valence electrons. The van der Waals surface area contributed by atoms with Crippen molar-refractivity contribution in [2.75, 3.05) is 25.5 Å². The number of nitrogens with one attached hydrogen (secondary N) is 1. The van der Waals surface area contributed by atoms with Crippen LogP contribution in [0.4, 0.5) is 10.5 Å². The van der Waals surface area contributed by atoms with E-state index in [-0.39, 0.29) is 6.03 Å². The number of fused-ring (bicyclic) bond motifs is 1. The lowest BCUT2D eigenvalue weighted by Crippen LogP contribution is -2.32. The highest BCUT2D eigenvalue weighted by Gasteiger charge is 2.20. The van der Waals surface area contributed by atoms with Crippen molar-refractivity contribution in [3.05, 3.63) is 46.3 Å². The summed E-state index contributed by atoms with van der Waals surface area (Å²) in [7, 11) is 1.61. The van der Waals surface area contributed by atoms with E-state index in [0.717, 1.165) is 46.4 Å². The van der Waals surface area contributed by atoms with Gasteiger partial charge in [0.25, 0.3) is 0 Å². The van der Waals surface area contributed by atoms with Crippen molar-refractivity contribution in [1.82, 2.24) is 14.3 Å². The molecule has 6 nitrogen and oxygen atoms in total. The van der Waals surface area contributed by atoms with Crippen LogP contribution in [0.2, 0.25) is 0 Å². The van der Waals surface area contributed by atoms with Crippen molar-refractivity contribution < 1.29 is 9.53 Å². The summed E-state index contributed by atoms with van der Waals surface area (Å²) in [6.45, 7) is 1.61. The van der Waals surface area contributed by atoms with E-state index < -0.39 is 0 Å². The lowest BCUT2D eigenvalue weighted by atomic mass is 10.1. The van der Waals surface area contributed by atoms with Gasteiger partial charge in [-0.05, 0) is 59.7 Å². The van der Waals surface area contributed by atoms with E-state index in [2.05, 4.69) is 32.9 Å². The third-order valence-electron chi connectivity index (χ3n) is 4.54. The third-order valence-corrected chi connectivity index (χ3v) is 5.18. The molecule has 0 saturated carbocycles. The third kappa shape index (κ3) is 3.23. The van der Waals surface area contributed by atoms with Crippen LogP contribution in [0, 0.1) is 3.57 Å². The topological polar surface area (TPSA) is 58.9 Å². The molecule has 3 aromatic rings. The second-order valence-electron chi connectivity index (χ2n) is 6.25. The number of carbonyl (C=O) groups is 1. The maximum atomic E-state index is 12.4. The molecule has 1 fully saturated rings. The largest absolute Gasteiger partial charge is 0.494 e. The second kappa shape index (κ2) is 7.14. The number of aromatic nitrogens is 2. The monoisotopic (exact) mass is 462 g/mol. The number of hydrogen-bond donors (Lipinski definition) is 1. The number of urea groups is 1. The molecule has 4 rings (SSSR count). The van der Waals surface area contributed by atoms with Crippen molar-refractivity contribution in [2.24, 2.45) is 0 Å². The van der Waals surface area contributed by atoms with Crippen LogP contribution in [0.1, 0.15) is 12.8 Å². The molecule has 0 radical (unpaired) electrons. The number of nitrogens with zero attached hydrogens (tertiary/aromatic N) is 3. The summed E-state index contributed by atoms with van der Waals surface area (Å²) in [5, 5.41) is 2.98. The summed E-state index contributed by atoms with van der Waals surface area (Å²) in [4.78, 5) is 19.0. The van der Waals surface area contributed by atoms with Crippen molar-refractivity contribution in [1.29, 1.82) is 0 Å². The van der Waals surface area contributed by atoms with E-state index in [1.165, 1.54) is 0 Å². The number of likely N-dealkylation sites (tertiary alicyclic amines) is 1. The molecule has 0 spiro atoms. The van der Waals surface area contributed by atoms with E-state index in [1.54, 1.807) is 7.11 Å². The molecule has 1 saturated heterocycles. The molecule has 0 unspecified atom stereocenters. The normalized spacial score (nSPS) is 14.0. The van der Waals surface area contributed by atoms with Crippen LogP contribution in [0.3, 0.4) is 0 Å². The summed E-state index contributed by atoms with van der Waals surface area (Å²) >= 11 is 2.28. The van der Waals surface area contributed by atoms with Gasteiger partial charge in [0.1, 0.15) is 5.65 Å². The predicted molar refractivity (Wildman–Crippen MR) is 110 cm³/mol. The van der Waals surface area contributed by atoms with E-state index in [9.17, 15) is 4.79 Å². The van der Waals surface area contributed by atoms with Gasteiger partial charge in [-0.3, -0.25) is 0 Å². The SMILES string of the molecule is COc1c(NC(=O)N2CCCC2)cccc1-c1cn2cc(I)ccc2n1. The van der Waals surface area contributed by atoms with E-state index in [1.807, 2.05) is 52.0 Å². The number of imidazole rings is 1. The Hall–Kier alpha value is -2.29. The number of benzene rings is 1. The van der Waals surface area contributed by atoms with Gasteiger partial charge in [0.05, 0.1) is 18.5 Å². The molecular weight excluding hydrogens is 443 g/mol. The fourth-order valence-corrected chi connectivity index (χ4v) is 3.75. The number of hydrogen-bond acceptors (Lipinski definition) is 3. The predicted octanol–water partition coefficient (Wildman–Crippen LogP) is 4.24. The molecule has 0 bridgehead atoms. The number of carbonyl (C=O) groups excluding carboxylic acids is 1. The van der Waals surface area contributed by atoms with E-state index in [0.29, 0.717) is 11.4 Å². The van der Waals surface area contributed by atoms with E-state index >= 15 is 0 Å². The van der Waals surface area contributed by atoms with Gasteiger partial charge in [-0.25, -0.2) is 9.78 Å². The molecule has 0 atom stereocenters. The number of anilines is 1. The molecule has 1 N–H and O–H groups in total. The zero-order valence-corrected chi connectivity index (χ0v) is 16.6. The number of amides is 2. The first kappa shape index (κ1) is 17.1. The molecule has 1 aliphatic rings. The number of pyridine rings is 1. The van der Waals surface area contributed by atoms with Crippen molar-refractivity contribution >= 4 is 40.0 Å². The number of ether oxygens (including phenoxy) is 1. The Morgan fingerprint density at radius 2 is 2.00 bits per heavy atom. The van der Waals surface area contributed by atoms with Gasteiger partial charge >= 0.3 is 6.03 Å². The van der Waals surface area contributed by atoms with Gasteiger partial charge in [-0.2, -0.15) is 0 Å². The molecule has 2 amide bonds. The van der Waals surface area contributed by atoms with Crippen molar-refractivity contribution in [3.8, 4) is 17.0 Å². The fraction of sp³-hybridized carbons (Fsp3) is 0.263. The maximum absolute atomic E-state index is 12.4. The second-order valence-corrected chi connectivity index (χ2v) is 7.50. The minimum Gasteiger partial charge on any atom is -0.494 e. The molecular formula is C19H19IN4O2. The Balaban J connectivity index is 1.70. The Bertz CT molecular complexity index is 963. The molecule has 3 heterocycles. The Kier molecular flexibility index (Phi) is 4.71. The first-order chi connectivity index (χ1) is 12.7. The molecule has 1 aliphatic heterocycles. The Labute approximate surface area is 165 Å². The lowest BCUT2D eigenvalue weighted by Gasteiger charge is -2.18. The van der Waals surface area contributed by atoms with Crippen molar-refractivity contribution in [2.45, 2.75) is 12.8 Å². The number of halogens is 1. The summed E-state index contributed by atoms with van der Waals surface area (Å²) in [6, 6.07) is 9.65. The van der Waals surface area contributed by atoms with Gasteiger partial charge in [-0.1, -0.05) is 6.07 Å². The first-order valence-corrected chi connectivity index (χ1v) is 9.61. The Morgan fingerprint density at radius 1 is 1.19 bits per heavy atom. The van der Waals surface area contributed by atoms with Crippen LogP contribution in [0.5, 0.6) is 5.75 Å². The summed E-state index contributed by atoms with van der Waals surface area (Å²) in [6.07, 6.45) is 6.12. The van der Waals surface area contributed by atoms with Crippen molar-refractivity contribution in [3.63, 3.8) is 0 Å². The zero-order chi connectivity index (χ0) is 18.1. The fourth-order valence-electron chi connectivity index (χ4n) is 3.27. The van der Waals surface area contributed by atoms with Gasteiger partial charge in [0, 0.05) is 34.6 Å². The number of para-hydroxylation sites is 1. The molecule has 0 aliphatic carbocycles. The minimum absolute atomic E-state index is 0.0810. The maximum Gasteiger partial charge on any atom is 0.321 e. The minimum atomic E-state index is -0.0810. The highest BCUT2D eigenvalue weighted by molar-refractivity contribution is 14.1. The van der Waals surface area contributed by atoms with Crippen LogP contribution in [-0.2, 0) is 0 Å². The highest BCUT2D eigenvalue weighted by atomic mass is 127. The first-order valence-electron chi connectivity index (χ1n) is 8.53. The summed E-state index contributed by atoms with van der Waals surface area (Å²) in [5.41, 5.74) is 3.19. The van der Waals surface area contributed by atoms with Gasteiger partial charge < -0.3 is 19.4 Å². The van der Waals surface area contributed by atoms with Gasteiger partial charge in [0.15, 0.2) is 5.75 Å². The Morgan fingerprint density at radius 3 is 2.77 bits per heavy atom. The summed E-state index contributed by atoms with van der Waals surface area (Å²) in [5.74, 6) is 0.623.